The zero-order valence-corrected chi connectivity index (χ0v) is 18.5. The molecule has 0 aliphatic carbocycles. The van der Waals surface area contributed by atoms with E-state index in [1.807, 2.05) is 0 Å². The Bertz CT molecular complexity index is 123. The maximum atomic E-state index is 8.52. The molecule has 15 heteroatoms. The molecular weight excluding hydrogens is 643 g/mol. The van der Waals surface area contributed by atoms with E-state index in [2.05, 4.69) is 0 Å². The number of hydrogen-bond acceptors (Lipinski definition) is 9. The average molecular weight is 643 g/mol. The normalized spacial score (nSPS) is 7.00. The minimum atomic E-state index is -3.65. The van der Waals surface area contributed by atoms with Crippen molar-refractivity contribution in [2.75, 3.05) is 0 Å². The van der Waals surface area contributed by atoms with Gasteiger partial charge in [-0.05, 0) is 0 Å². The summed E-state index contributed by atoms with van der Waals surface area (Å²) in [6.07, 6.45) is 0. The van der Waals surface area contributed by atoms with Gasteiger partial charge in [0, 0.05) is 0 Å². The molecule has 0 aromatic heterocycles. The van der Waals surface area contributed by atoms with Crippen LogP contribution in [0.3, 0.4) is 0 Å². The second kappa shape index (κ2) is 30.9. The van der Waals surface area contributed by atoms with Gasteiger partial charge in [-0.1, -0.05) is 0 Å². The SMILES string of the molecule is [Ag+].[La+3].[O]=[Mn]([O-])[O-].[O]=[Mn]([O-])[O-].[O]=[Mn]([O-])[O-].[Sr+2]. The first-order chi connectivity index (χ1) is 5.20. The first kappa shape index (κ1) is 36.5. The predicted octanol–water partition coefficient (Wildman–Crippen LogP) is -7.88. The molecular formula is AgLaMn3O9Sr. The maximum Gasteiger partial charge on any atom is 2.00 e. The van der Waals surface area contributed by atoms with Crippen molar-refractivity contribution in [3.63, 3.8) is 0 Å². The summed E-state index contributed by atoms with van der Waals surface area (Å²) in [5, 5.41) is 0. The van der Waals surface area contributed by atoms with E-state index in [4.69, 9.17) is 36.6 Å². The van der Waals surface area contributed by atoms with Crippen molar-refractivity contribution in [2.24, 2.45) is 0 Å². The van der Waals surface area contributed by atoms with Gasteiger partial charge < -0.3 is 0 Å². The molecule has 0 atom stereocenters. The fraction of sp³-hybridized carbons (Fsp3) is 0. The number of rotatable bonds is 0. The van der Waals surface area contributed by atoms with Gasteiger partial charge in [0.25, 0.3) is 0 Å². The van der Waals surface area contributed by atoms with Crippen molar-refractivity contribution in [3.05, 3.63) is 0 Å². The summed E-state index contributed by atoms with van der Waals surface area (Å²) < 4.78 is 76.7. The van der Waals surface area contributed by atoms with Gasteiger partial charge in [-0.25, -0.2) is 0 Å². The van der Waals surface area contributed by atoms with Gasteiger partial charge in [-0.15, -0.1) is 0 Å². The van der Waals surface area contributed by atoms with Crippen LogP contribution < -0.4 is 25.1 Å². The summed E-state index contributed by atoms with van der Waals surface area (Å²) in [6, 6.07) is 0. The molecule has 0 rings (SSSR count). The summed E-state index contributed by atoms with van der Waals surface area (Å²) in [5.41, 5.74) is 0. The van der Waals surface area contributed by atoms with Crippen LogP contribution in [0, 0.1) is 35.6 Å². The summed E-state index contributed by atoms with van der Waals surface area (Å²) in [7, 11) is 0. The van der Waals surface area contributed by atoms with E-state index in [1.165, 1.54) is 0 Å². The molecule has 0 unspecified atom stereocenters. The Kier molecular flexibility index (Phi) is 75.0. The molecule has 0 saturated heterocycles. The summed E-state index contributed by atoms with van der Waals surface area (Å²) in [4.78, 5) is 0. The van der Waals surface area contributed by atoms with E-state index >= 15 is 0 Å². The molecule has 0 aromatic carbocycles. The molecule has 0 amide bonds. The van der Waals surface area contributed by atoms with Crippen LogP contribution in [0.2, 0.25) is 0 Å². The first-order valence-corrected chi connectivity index (χ1v) is 5.73. The second-order valence-corrected chi connectivity index (χ2v) is 2.34. The van der Waals surface area contributed by atoms with E-state index in [-0.39, 0.29) is 103 Å². The van der Waals surface area contributed by atoms with Crippen LogP contribution >= 0.6 is 0 Å². The Morgan fingerprint density at radius 1 is 0.600 bits per heavy atom. The Labute approximate surface area is 179 Å². The first-order valence-electron chi connectivity index (χ1n) is 1.39. The molecule has 9 nitrogen and oxygen atoms in total. The Balaban J connectivity index is -0.0000000184. The van der Waals surface area contributed by atoms with Crippen molar-refractivity contribution in [3.8, 4) is 0 Å². The standard InChI is InChI=1S/Ag.La.3Mn.9O.Sr/q+1;+3;;;;;;;6*-1;+2. The van der Waals surface area contributed by atoms with Gasteiger partial charge in [0.05, 0.1) is 0 Å². The maximum absolute atomic E-state index is 8.52. The smallest absolute Gasteiger partial charge is 2.00 e. The van der Waals surface area contributed by atoms with Gasteiger partial charge in [0.2, 0.25) is 0 Å². The van der Waals surface area contributed by atoms with E-state index in [9.17, 15) is 0 Å². The van der Waals surface area contributed by atoms with Crippen molar-refractivity contribution >= 4 is 45.5 Å². The summed E-state index contributed by atoms with van der Waals surface area (Å²) in [6.45, 7) is 0. The monoisotopic (exact) mass is 642 g/mol. The third-order valence-corrected chi connectivity index (χ3v) is 0. The topological polar surface area (TPSA) is 190 Å². The summed E-state index contributed by atoms with van der Waals surface area (Å²) in [5.74, 6) is 0. The molecule has 0 N–H and O–H groups in total. The molecule has 0 aromatic rings. The predicted molar refractivity (Wildman–Crippen MR) is 7.81 cm³/mol. The van der Waals surface area contributed by atoms with Crippen LogP contribution in [-0.2, 0) is 77.4 Å². The van der Waals surface area contributed by atoms with Gasteiger partial charge in [-0.2, -0.15) is 0 Å². The Hall–Kier alpha value is 4.13. The molecule has 0 spiro atoms. The zero-order valence-electron chi connectivity index (χ0n) is 6.39. The molecule has 0 radical (unpaired) electrons. The molecule has 0 aliphatic rings. The third kappa shape index (κ3) is 276. The van der Waals surface area contributed by atoms with Crippen LogP contribution in [-0.4, -0.2) is 45.5 Å². The Morgan fingerprint density at radius 3 is 0.600 bits per heavy atom. The van der Waals surface area contributed by atoms with E-state index in [1.54, 1.807) is 0 Å². The van der Waals surface area contributed by atoms with Gasteiger partial charge in [0.15, 0.2) is 0 Å². The van der Waals surface area contributed by atoms with Gasteiger partial charge >= 0.3 is 184 Å². The van der Waals surface area contributed by atoms with Crippen LogP contribution in [0.15, 0.2) is 0 Å². The molecule has 0 fully saturated rings. The molecule has 0 bridgehead atoms. The van der Waals surface area contributed by atoms with Crippen molar-refractivity contribution in [1.29, 1.82) is 0 Å². The zero-order chi connectivity index (χ0) is 10.7. The molecule has 0 aliphatic heterocycles. The van der Waals surface area contributed by atoms with E-state index in [0.29, 0.717) is 0 Å². The van der Waals surface area contributed by atoms with Crippen molar-refractivity contribution < 1.29 is 138 Å². The minimum absolute atomic E-state index is 0. The second-order valence-electron chi connectivity index (χ2n) is 0.567. The van der Waals surface area contributed by atoms with Gasteiger partial charge in [0.1, 0.15) is 0 Å². The Morgan fingerprint density at radius 2 is 0.600 bits per heavy atom. The third-order valence-electron chi connectivity index (χ3n) is 0. The van der Waals surface area contributed by atoms with Crippen molar-refractivity contribution in [2.45, 2.75) is 0 Å². The average Bonchev–Trinajstić information content (AvgIpc) is 1.54. The quantitative estimate of drug-likeness (QED) is 0.231. The van der Waals surface area contributed by atoms with Crippen molar-refractivity contribution in [1.82, 2.24) is 0 Å². The summed E-state index contributed by atoms with van der Waals surface area (Å²) >= 11 is -10.9. The van der Waals surface area contributed by atoms with Crippen LogP contribution in [0.4, 0.5) is 0 Å². The minimum Gasteiger partial charge on any atom is 2.00 e. The van der Waals surface area contributed by atoms with E-state index in [0.717, 1.165) is 0 Å². The van der Waals surface area contributed by atoms with Gasteiger partial charge in [-0.3, -0.25) is 0 Å². The van der Waals surface area contributed by atoms with Crippen LogP contribution in [0.25, 0.3) is 0 Å². The van der Waals surface area contributed by atoms with Crippen LogP contribution in [0.1, 0.15) is 0 Å². The molecule has 15 heavy (non-hydrogen) atoms. The van der Waals surface area contributed by atoms with Crippen LogP contribution in [0.5, 0.6) is 0 Å². The number of hydrogen-bond donors (Lipinski definition) is 0. The molecule has 0 saturated carbocycles. The molecule has 91 valence electrons. The fourth-order valence-electron chi connectivity index (χ4n) is 0. The largest absolute Gasteiger partial charge is 2.00 e. The fourth-order valence-corrected chi connectivity index (χ4v) is 0. The molecule has 0 heterocycles. The van der Waals surface area contributed by atoms with E-state index < -0.39 is 43.5 Å².